The average Bonchev–Trinajstić information content (AvgIpc) is 2.25. The monoisotopic (exact) mass is 270 g/mol. The zero-order valence-electron chi connectivity index (χ0n) is 9.91. The summed E-state index contributed by atoms with van der Waals surface area (Å²) >= 11 is 0. The van der Waals surface area contributed by atoms with Crippen LogP contribution in [-0.2, 0) is 9.36 Å². The number of carbonyl (C=O) groups is 1. The first kappa shape index (κ1) is 14.6. The van der Waals surface area contributed by atoms with Gasteiger partial charge in [-0.15, -0.1) is 0 Å². The lowest BCUT2D eigenvalue weighted by Crippen LogP contribution is -2.03. The Labute approximate surface area is 105 Å². The molecule has 1 aromatic carbocycles. The van der Waals surface area contributed by atoms with E-state index in [2.05, 4.69) is 0 Å². The van der Waals surface area contributed by atoms with Crippen molar-refractivity contribution >= 4 is 19.6 Å². The minimum absolute atomic E-state index is 0.0119. The Bertz CT molecular complexity index is 498. The predicted octanol–water partition coefficient (Wildman–Crippen LogP) is 2.03. The van der Waals surface area contributed by atoms with Gasteiger partial charge in [-0.2, -0.15) is 0 Å². The first-order valence-corrected chi connectivity index (χ1v) is 7.13. The first-order valence-electron chi connectivity index (χ1n) is 5.33. The van der Waals surface area contributed by atoms with Crippen LogP contribution >= 0.6 is 7.60 Å². The summed E-state index contributed by atoms with van der Waals surface area (Å²) in [5.41, 5.74) is 1.74. The molecule has 0 amide bonds. The van der Waals surface area contributed by atoms with E-state index < -0.39 is 19.7 Å². The lowest BCUT2D eigenvalue weighted by Gasteiger charge is -2.05. The Balaban J connectivity index is 2.88. The summed E-state index contributed by atoms with van der Waals surface area (Å²) in [5, 5.41) is 8.96. The molecule has 0 aliphatic rings. The molecule has 0 fully saturated rings. The van der Waals surface area contributed by atoms with Crippen molar-refractivity contribution in [2.75, 3.05) is 6.16 Å². The van der Waals surface area contributed by atoms with Crippen molar-refractivity contribution in [3.05, 3.63) is 41.0 Å². The van der Waals surface area contributed by atoms with Crippen molar-refractivity contribution < 1.29 is 24.3 Å². The Kier molecular flexibility index (Phi) is 4.84. The van der Waals surface area contributed by atoms with Gasteiger partial charge in [-0.05, 0) is 25.0 Å². The quantitative estimate of drug-likeness (QED) is 0.562. The molecule has 0 unspecified atom stereocenters. The molecular formula is C12H15O5P. The van der Waals surface area contributed by atoms with Crippen molar-refractivity contribution in [1.29, 1.82) is 0 Å². The van der Waals surface area contributed by atoms with E-state index in [1.165, 1.54) is 6.08 Å². The SMILES string of the molecule is Cc1ccc(/C=C(\CCP(=O)(O)O)C(=O)O)cc1. The molecule has 0 saturated carbocycles. The van der Waals surface area contributed by atoms with Crippen molar-refractivity contribution in [3.63, 3.8) is 0 Å². The van der Waals surface area contributed by atoms with Crippen molar-refractivity contribution in [2.45, 2.75) is 13.3 Å². The Morgan fingerprint density at radius 1 is 1.28 bits per heavy atom. The molecule has 1 rings (SSSR count). The average molecular weight is 270 g/mol. The maximum atomic E-state index is 11.0. The summed E-state index contributed by atoms with van der Waals surface area (Å²) in [4.78, 5) is 28.4. The van der Waals surface area contributed by atoms with Crippen LogP contribution in [-0.4, -0.2) is 27.0 Å². The molecule has 3 N–H and O–H groups in total. The molecule has 98 valence electrons. The van der Waals surface area contributed by atoms with Gasteiger partial charge in [-0.1, -0.05) is 29.8 Å². The van der Waals surface area contributed by atoms with Gasteiger partial charge < -0.3 is 14.9 Å². The van der Waals surface area contributed by atoms with Crippen molar-refractivity contribution in [3.8, 4) is 0 Å². The van der Waals surface area contributed by atoms with Crippen molar-refractivity contribution in [1.82, 2.24) is 0 Å². The Morgan fingerprint density at radius 3 is 2.28 bits per heavy atom. The van der Waals surface area contributed by atoms with E-state index in [1.54, 1.807) is 12.1 Å². The summed E-state index contributed by atoms with van der Waals surface area (Å²) in [6.07, 6.45) is 0.807. The number of aryl methyl sites for hydroxylation is 1. The summed E-state index contributed by atoms with van der Waals surface area (Å²) in [6, 6.07) is 7.20. The highest BCUT2D eigenvalue weighted by molar-refractivity contribution is 7.51. The summed E-state index contributed by atoms with van der Waals surface area (Å²) in [7, 11) is -4.18. The smallest absolute Gasteiger partial charge is 0.331 e. The number of carboxylic acids is 1. The minimum atomic E-state index is -4.18. The predicted molar refractivity (Wildman–Crippen MR) is 68.3 cm³/mol. The molecule has 0 heterocycles. The lowest BCUT2D eigenvalue weighted by molar-refractivity contribution is -0.132. The molecule has 0 bridgehead atoms. The van der Waals surface area contributed by atoms with Gasteiger partial charge >= 0.3 is 13.6 Å². The zero-order chi connectivity index (χ0) is 13.8. The largest absolute Gasteiger partial charge is 0.478 e. The van der Waals surface area contributed by atoms with Gasteiger partial charge in [0.1, 0.15) is 0 Å². The van der Waals surface area contributed by atoms with E-state index >= 15 is 0 Å². The Morgan fingerprint density at radius 2 is 1.83 bits per heavy atom. The van der Waals surface area contributed by atoms with Crippen LogP contribution in [0.4, 0.5) is 0 Å². The first-order chi connectivity index (χ1) is 8.28. The van der Waals surface area contributed by atoms with Crippen molar-refractivity contribution in [2.24, 2.45) is 0 Å². The van der Waals surface area contributed by atoms with Crippen LogP contribution in [0.2, 0.25) is 0 Å². The second-order valence-corrected chi connectivity index (χ2v) is 5.80. The minimum Gasteiger partial charge on any atom is -0.478 e. The zero-order valence-corrected chi connectivity index (χ0v) is 10.8. The van der Waals surface area contributed by atoms with Gasteiger partial charge in [0.05, 0.1) is 6.16 Å². The van der Waals surface area contributed by atoms with E-state index in [-0.39, 0.29) is 12.0 Å². The molecule has 0 spiro atoms. The third-order valence-electron chi connectivity index (χ3n) is 2.37. The molecule has 0 aromatic heterocycles. The van der Waals surface area contributed by atoms with E-state index in [9.17, 15) is 9.36 Å². The van der Waals surface area contributed by atoms with E-state index in [0.29, 0.717) is 5.56 Å². The fraction of sp³-hybridized carbons (Fsp3) is 0.250. The number of aliphatic carboxylic acids is 1. The molecular weight excluding hydrogens is 255 g/mol. The summed E-state index contributed by atoms with van der Waals surface area (Å²) in [6.45, 7) is 1.92. The number of benzene rings is 1. The third kappa shape index (κ3) is 5.27. The van der Waals surface area contributed by atoms with Crippen LogP contribution < -0.4 is 0 Å². The molecule has 0 saturated heterocycles. The van der Waals surface area contributed by atoms with E-state index in [1.807, 2.05) is 19.1 Å². The van der Waals surface area contributed by atoms with Gasteiger partial charge in [0.2, 0.25) is 0 Å². The number of rotatable bonds is 5. The van der Waals surface area contributed by atoms with Gasteiger partial charge in [-0.3, -0.25) is 4.57 Å². The fourth-order valence-corrected chi connectivity index (χ4v) is 1.90. The molecule has 18 heavy (non-hydrogen) atoms. The van der Waals surface area contributed by atoms with Crippen LogP contribution in [0.5, 0.6) is 0 Å². The molecule has 6 heteroatoms. The van der Waals surface area contributed by atoms with Crippen LogP contribution in [0.1, 0.15) is 17.5 Å². The van der Waals surface area contributed by atoms with Gasteiger partial charge in [0.25, 0.3) is 0 Å². The van der Waals surface area contributed by atoms with Gasteiger partial charge in [0.15, 0.2) is 0 Å². The molecule has 1 aromatic rings. The standard InChI is InChI=1S/C12H15O5P/c1-9-2-4-10(5-3-9)8-11(12(13)14)6-7-18(15,16)17/h2-5,8H,6-7H2,1H3,(H,13,14)(H2,15,16,17)/b11-8+. The topological polar surface area (TPSA) is 94.8 Å². The Hall–Kier alpha value is -1.42. The number of hydrogen-bond acceptors (Lipinski definition) is 2. The van der Waals surface area contributed by atoms with Crippen LogP contribution in [0, 0.1) is 6.92 Å². The molecule has 5 nitrogen and oxygen atoms in total. The normalized spacial score (nSPS) is 12.5. The highest BCUT2D eigenvalue weighted by atomic mass is 31.2. The maximum absolute atomic E-state index is 11.0. The summed E-state index contributed by atoms with van der Waals surface area (Å²) in [5.74, 6) is -1.16. The van der Waals surface area contributed by atoms with E-state index in [4.69, 9.17) is 14.9 Å². The number of carboxylic acid groups (broad SMARTS) is 1. The second-order valence-electron chi connectivity index (χ2n) is 4.02. The van der Waals surface area contributed by atoms with Crippen LogP contribution in [0.25, 0.3) is 6.08 Å². The molecule has 0 radical (unpaired) electrons. The fourth-order valence-electron chi connectivity index (χ4n) is 1.37. The van der Waals surface area contributed by atoms with Gasteiger partial charge in [-0.25, -0.2) is 4.79 Å². The molecule has 0 atom stereocenters. The second kappa shape index (κ2) is 5.96. The molecule has 0 aliphatic carbocycles. The van der Waals surface area contributed by atoms with E-state index in [0.717, 1.165) is 5.56 Å². The highest BCUT2D eigenvalue weighted by Crippen LogP contribution is 2.36. The van der Waals surface area contributed by atoms with Crippen LogP contribution in [0.3, 0.4) is 0 Å². The highest BCUT2D eigenvalue weighted by Gasteiger charge is 2.16. The lowest BCUT2D eigenvalue weighted by atomic mass is 10.1. The summed E-state index contributed by atoms with van der Waals surface area (Å²) < 4.78 is 10.7. The molecule has 0 aliphatic heterocycles. The maximum Gasteiger partial charge on any atom is 0.331 e. The third-order valence-corrected chi connectivity index (χ3v) is 3.17. The van der Waals surface area contributed by atoms with Gasteiger partial charge in [0, 0.05) is 5.57 Å². The van der Waals surface area contributed by atoms with Crippen LogP contribution in [0.15, 0.2) is 29.8 Å². The number of hydrogen-bond donors (Lipinski definition) is 3.